The molecule has 108 valence electrons. The minimum Gasteiger partial charge on any atom is -0.370 e. The lowest BCUT2D eigenvalue weighted by molar-refractivity contribution is 0.741. The molecule has 0 unspecified atom stereocenters. The fourth-order valence-electron chi connectivity index (χ4n) is 2.01. The van der Waals surface area contributed by atoms with Gasteiger partial charge in [0.1, 0.15) is 24.3 Å². The van der Waals surface area contributed by atoms with E-state index in [0.29, 0.717) is 0 Å². The molecule has 0 atom stereocenters. The van der Waals surface area contributed by atoms with Crippen LogP contribution in [-0.2, 0) is 19.9 Å². The van der Waals surface area contributed by atoms with Crippen LogP contribution in [0.4, 0.5) is 11.6 Å². The maximum atomic E-state index is 4.32. The van der Waals surface area contributed by atoms with E-state index in [1.54, 1.807) is 17.3 Å². The minimum absolute atomic E-state index is 0.750. The van der Waals surface area contributed by atoms with Gasteiger partial charge in [-0.3, -0.25) is 4.68 Å². The number of hydrogen-bond acceptors (Lipinski definition) is 6. The molecule has 0 saturated carbocycles. The average molecular weight is 275 g/mol. The molecule has 2 heterocycles. The first kappa shape index (κ1) is 14.2. The lowest BCUT2D eigenvalue weighted by atomic mass is 10.2. The van der Waals surface area contributed by atoms with Gasteiger partial charge in [0.15, 0.2) is 5.82 Å². The quantitative estimate of drug-likeness (QED) is 0.791. The maximum absolute atomic E-state index is 4.32. The molecule has 7 heteroatoms. The molecule has 0 spiro atoms. The third-order valence-electron chi connectivity index (χ3n) is 2.93. The number of anilines is 2. The highest BCUT2D eigenvalue weighted by molar-refractivity contribution is 5.57. The summed E-state index contributed by atoms with van der Waals surface area (Å²) in [5, 5.41) is 10.9. The van der Waals surface area contributed by atoms with Gasteiger partial charge < -0.3 is 10.6 Å². The molecule has 0 aliphatic rings. The van der Waals surface area contributed by atoms with Gasteiger partial charge in [0.25, 0.3) is 0 Å². The third-order valence-corrected chi connectivity index (χ3v) is 2.93. The van der Waals surface area contributed by atoms with Gasteiger partial charge in [0.2, 0.25) is 0 Å². The topological polar surface area (TPSA) is 80.5 Å². The highest BCUT2D eigenvalue weighted by Gasteiger charge is 2.09. The van der Waals surface area contributed by atoms with Crippen molar-refractivity contribution in [3.05, 3.63) is 24.0 Å². The van der Waals surface area contributed by atoms with Crippen LogP contribution in [0.5, 0.6) is 0 Å². The molecule has 2 rings (SSSR count). The molecule has 0 aliphatic carbocycles. The average Bonchev–Trinajstić information content (AvgIpc) is 2.85. The molecule has 0 radical (unpaired) electrons. The number of aryl methyl sites for hydroxylation is 1. The van der Waals surface area contributed by atoms with Crippen molar-refractivity contribution in [2.75, 3.05) is 23.7 Å². The van der Waals surface area contributed by atoms with Crippen molar-refractivity contribution in [1.29, 1.82) is 0 Å². The van der Waals surface area contributed by atoms with Crippen LogP contribution in [0, 0.1) is 0 Å². The highest BCUT2D eigenvalue weighted by atomic mass is 15.3. The summed E-state index contributed by atoms with van der Waals surface area (Å²) in [7, 11) is 1.87. The number of nitrogens with one attached hydrogen (secondary N) is 2. The van der Waals surface area contributed by atoms with Gasteiger partial charge in [-0.05, 0) is 13.3 Å². The van der Waals surface area contributed by atoms with Gasteiger partial charge in [0.05, 0.1) is 0 Å². The Morgan fingerprint density at radius 1 is 1.10 bits per heavy atom. The summed E-state index contributed by atoms with van der Waals surface area (Å²) in [5.41, 5.74) is 1.11. The molecule has 2 aromatic heterocycles. The van der Waals surface area contributed by atoms with Crippen LogP contribution in [0.15, 0.2) is 12.7 Å². The van der Waals surface area contributed by atoms with E-state index in [2.05, 4.69) is 44.5 Å². The Balaban J connectivity index is 1.99. The fourth-order valence-corrected chi connectivity index (χ4v) is 2.01. The molecule has 20 heavy (non-hydrogen) atoms. The monoisotopic (exact) mass is 275 g/mol. The summed E-state index contributed by atoms with van der Waals surface area (Å²) in [4.78, 5) is 12.8. The van der Waals surface area contributed by atoms with Crippen LogP contribution >= 0.6 is 0 Å². The Kier molecular flexibility index (Phi) is 4.86. The predicted octanol–water partition coefficient (Wildman–Crippen LogP) is 1.25. The Labute approximate surface area is 118 Å². The van der Waals surface area contributed by atoms with Gasteiger partial charge >= 0.3 is 0 Å². The minimum atomic E-state index is 0.750. The fraction of sp³-hybridized carbons (Fsp3) is 0.538. The van der Waals surface area contributed by atoms with Crippen LogP contribution in [0.25, 0.3) is 0 Å². The van der Waals surface area contributed by atoms with Crippen LogP contribution < -0.4 is 10.6 Å². The first-order chi connectivity index (χ1) is 9.74. The normalized spacial score (nSPS) is 10.6. The van der Waals surface area contributed by atoms with E-state index >= 15 is 0 Å². The van der Waals surface area contributed by atoms with Crippen molar-refractivity contribution < 1.29 is 0 Å². The lowest BCUT2D eigenvalue weighted by Gasteiger charge is -2.13. The molecular weight excluding hydrogens is 254 g/mol. The van der Waals surface area contributed by atoms with E-state index in [1.165, 1.54) is 0 Å². The van der Waals surface area contributed by atoms with Crippen molar-refractivity contribution in [2.24, 2.45) is 7.05 Å². The SMILES string of the molecule is CCNc1ncnc(NCCc2ncn(C)n2)c1CC. The summed E-state index contributed by atoms with van der Waals surface area (Å²) in [6, 6.07) is 0. The zero-order valence-corrected chi connectivity index (χ0v) is 12.2. The standard InChI is InChI=1S/C13H21N7/c1-4-10-12(14-5-2)16-8-17-13(10)15-7-6-11-18-9-20(3)19-11/h8-9H,4-7H2,1-3H3,(H2,14,15,16,17). The van der Waals surface area contributed by atoms with Gasteiger partial charge in [-0.2, -0.15) is 5.10 Å². The first-order valence-corrected chi connectivity index (χ1v) is 6.90. The third kappa shape index (κ3) is 3.43. The van der Waals surface area contributed by atoms with Gasteiger partial charge in [-0.15, -0.1) is 0 Å². The van der Waals surface area contributed by atoms with Crippen molar-refractivity contribution in [2.45, 2.75) is 26.7 Å². The van der Waals surface area contributed by atoms with E-state index < -0.39 is 0 Å². The largest absolute Gasteiger partial charge is 0.370 e. The van der Waals surface area contributed by atoms with E-state index in [-0.39, 0.29) is 0 Å². The van der Waals surface area contributed by atoms with E-state index in [9.17, 15) is 0 Å². The number of nitrogens with zero attached hydrogens (tertiary/aromatic N) is 5. The van der Waals surface area contributed by atoms with Crippen molar-refractivity contribution in [1.82, 2.24) is 24.7 Å². The summed E-state index contributed by atoms with van der Waals surface area (Å²) >= 11 is 0. The molecule has 0 bridgehead atoms. The van der Waals surface area contributed by atoms with Crippen LogP contribution in [0.3, 0.4) is 0 Å². The van der Waals surface area contributed by atoms with E-state index in [4.69, 9.17) is 0 Å². The van der Waals surface area contributed by atoms with Crippen molar-refractivity contribution >= 4 is 11.6 Å². The van der Waals surface area contributed by atoms with Crippen LogP contribution in [0.2, 0.25) is 0 Å². The molecule has 0 aliphatic heterocycles. The Morgan fingerprint density at radius 2 is 1.85 bits per heavy atom. The van der Waals surface area contributed by atoms with E-state index in [1.807, 2.05) is 7.05 Å². The van der Waals surface area contributed by atoms with Gasteiger partial charge in [-0.1, -0.05) is 6.92 Å². The summed E-state index contributed by atoms with van der Waals surface area (Å²) in [6.07, 6.45) is 4.94. The summed E-state index contributed by atoms with van der Waals surface area (Å²) < 4.78 is 1.71. The highest BCUT2D eigenvalue weighted by Crippen LogP contribution is 2.20. The number of aromatic nitrogens is 5. The Morgan fingerprint density at radius 3 is 2.45 bits per heavy atom. The Bertz CT molecular complexity index is 549. The second-order valence-electron chi connectivity index (χ2n) is 4.44. The number of hydrogen-bond donors (Lipinski definition) is 2. The second-order valence-corrected chi connectivity index (χ2v) is 4.44. The smallest absolute Gasteiger partial charge is 0.152 e. The lowest BCUT2D eigenvalue weighted by Crippen LogP contribution is -2.12. The van der Waals surface area contributed by atoms with Gasteiger partial charge in [0, 0.05) is 32.1 Å². The van der Waals surface area contributed by atoms with Gasteiger partial charge in [-0.25, -0.2) is 15.0 Å². The molecule has 7 nitrogen and oxygen atoms in total. The van der Waals surface area contributed by atoms with Crippen molar-refractivity contribution in [3.63, 3.8) is 0 Å². The van der Waals surface area contributed by atoms with Crippen LogP contribution in [-0.4, -0.2) is 37.8 Å². The summed E-state index contributed by atoms with van der Waals surface area (Å²) in [6.45, 7) is 5.76. The zero-order valence-electron chi connectivity index (χ0n) is 12.2. The molecule has 2 N–H and O–H groups in total. The van der Waals surface area contributed by atoms with Crippen molar-refractivity contribution in [3.8, 4) is 0 Å². The molecular formula is C13H21N7. The zero-order chi connectivity index (χ0) is 14.4. The molecule has 0 saturated heterocycles. The van der Waals surface area contributed by atoms with Crippen LogP contribution in [0.1, 0.15) is 25.2 Å². The predicted molar refractivity (Wildman–Crippen MR) is 78.8 cm³/mol. The Hall–Kier alpha value is -2.18. The molecule has 0 amide bonds. The molecule has 0 aromatic carbocycles. The number of rotatable bonds is 7. The van der Waals surface area contributed by atoms with E-state index in [0.717, 1.165) is 49.0 Å². The maximum Gasteiger partial charge on any atom is 0.152 e. The summed E-state index contributed by atoms with van der Waals surface area (Å²) in [5.74, 6) is 2.62. The first-order valence-electron chi connectivity index (χ1n) is 6.90. The second kappa shape index (κ2) is 6.83. The molecule has 0 fully saturated rings. The molecule has 2 aromatic rings.